The lowest BCUT2D eigenvalue weighted by molar-refractivity contribution is -0.393. The quantitative estimate of drug-likeness (QED) is 0.126. The van der Waals surface area contributed by atoms with Crippen LogP contribution < -0.4 is 0 Å². The van der Waals surface area contributed by atoms with Crippen molar-refractivity contribution < 1.29 is 38.6 Å². The minimum absolute atomic E-state index is 0.0511. The number of hydrogen-bond acceptors (Lipinski definition) is 12. The van der Waals surface area contributed by atoms with E-state index in [1.54, 1.807) is 12.1 Å². The van der Waals surface area contributed by atoms with Crippen LogP contribution in [-0.4, -0.2) is 54.6 Å². The molecule has 4 aromatic carbocycles. The van der Waals surface area contributed by atoms with E-state index < -0.39 is 33.4 Å². The van der Waals surface area contributed by atoms with Crippen molar-refractivity contribution in [2.45, 2.75) is 25.4 Å². The minimum Gasteiger partial charge on any atom is -0.507 e. The minimum atomic E-state index is -0.764. The Hall–Kier alpha value is -5.12. The molecule has 2 atom stereocenters. The topological polar surface area (TPSA) is 177 Å². The summed E-state index contributed by atoms with van der Waals surface area (Å²) in [7, 11) is 0. The van der Waals surface area contributed by atoms with Gasteiger partial charge in [-0.25, -0.2) is 0 Å². The van der Waals surface area contributed by atoms with Crippen molar-refractivity contribution in [3.8, 4) is 5.75 Å². The molecular weight excluding hydrogens is 624 g/mol. The number of rotatable bonds is 6. The zero-order chi connectivity index (χ0) is 33.7. The van der Waals surface area contributed by atoms with Gasteiger partial charge in [-0.1, -0.05) is 60.7 Å². The summed E-state index contributed by atoms with van der Waals surface area (Å²) in [5.74, 6) is -0.0785. The maximum Gasteiger partial charge on any atom is 0.303 e. The van der Waals surface area contributed by atoms with Crippen LogP contribution in [0.4, 0.5) is 22.7 Å². The summed E-state index contributed by atoms with van der Waals surface area (Å²) in [5, 5.41) is 42.5. The number of fused-ring (bicyclic) bond motifs is 2. The number of nitro benzene ring substituents is 2. The number of non-ortho nitro benzene ring substituents is 1. The van der Waals surface area contributed by atoms with Crippen LogP contribution in [0.25, 0.3) is 0 Å². The molecule has 250 valence electrons. The van der Waals surface area contributed by atoms with Gasteiger partial charge < -0.3 is 28.8 Å². The maximum atomic E-state index is 11.7. The molecule has 1 heterocycles. The van der Waals surface area contributed by atoms with Crippen molar-refractivity contribution in [3.05, 3.63) is 133 Å². The first-order chi connectivity index (χ1) is 23.4. The first-order valence-corrected chi connectivity index (χ1v) is 15.1. The van der Waals surface area contributed by atoms with Gasteiger partial charge in [0.15, 0.2) is 5.69 Å². The lowest BCUT2D eigenvalue weighted by Gasteiger charge is -2.22. The van der Waals surface area contributed by atoms with Crippen LogP contribution in [0, 0.1) is 20.2 Å². The molecule has 0 fully saturated rings. The first kappa shape index (κ1) is 34.2. The van der Waals surface area contributed by atoms with Crippen molar-refractivity contribution >= 4 is 22.7 Å². The molecule has 1 aliphatic rings. The molecule has 14 heteroatoms. The van der Waals surface area contributed by atoms with Crippen molar-refractivity contribution in [2.24, 2.45) is 10.2 Å². The van der Waals surface area contributed by atoms with E-state index in [0.717, 1.165) is 29.3 Å². The highest BCUT2D eigenvalue weighted by molar-refractivity contribution is 5.62. The van der Waals surface area contributed by atoms with Gasteiger partial charge in [-0.2, -0.15) is 5.11 Å². The van der Waals surface area contributed by atoms with E-state index in [1.165, 1.54) is 0 Å². The highest BCUT2D eigenvalue weighted by atomic mass is 16.6. The van der Waals surface area contributed by atoms with E-state index in [1.807, 2.05) is 60.7 Å². The fraction of sp³-hybridized carbons (Fsp3) is 0.294. The van der Waals surface area contributed by atoms with Crippen molar-refractivity contribution in [1.29, 1.82) is 0 Å². The van der Waals surface area contributed by atoms with Gasteiger partial charge in [0.2, 0.25) is 0 Å². The molecule has 2 bridgehead atoms. The lowest BCUT2D eigenvalue weighted by atomic mass is 10.1. The Labute approximate surface area is 275 Å². The van der Waals surface area contributed by atoms with E-state index >= 15 is 0 Å². The van der Waals surface area contributed by atoms with Crippen molar-refractivity contribution in [1.82, 2.24) is 0 Å². The Morgan fingerprint density at radius 1 is 0.646 bits per heavy atom. The number of azo groups is 1. The van der Waals surface area contributed by atoms with E-state index in [4.69, 9.17) is 23.7 Å². The summed E-state index contributed by atoms with van der Waals surface area (Å²) >= 11 is 0. The summed E-state index contributed by atoms with van der Waals surface area (Å²) in [4.78, 5) is 21.3. The van der Waals surface area contributed by atoms with Crippen LogP contribution in [0.3, 0.4) is 0 Å². The van der Waals surface area contributed by atoms with Gasteiger partial charge in [0.25, 0.3) is 5.69 Å². The summed E-state index contributed by atoms with van der Waals surface area (Å²) in [6, 6.07) is 25.2. The second kappa shape index (κ2) is 17.2. The third-order valence-corrected chi connectivity index (χ3v) is 7.40. The van der Waals surface area contributed by atoms with Crippen LogP contribution >= 0.6 is 0 Å². The molecule has 0 saturated heterocycles. The third kappa shape index (κ3) is 9.47. The molecule has 1 aliphatic heterocycles. The zero-order valence-electron chi connectivity index (χ0n) is 25.9. The number of aromatic hydroxyl groups is 1. The molecule has 0 spiro atoms. The van der Waals surface area contributed by atoms with E-state index in [9.17, 15) is 25.3 Å². The highest BCUT2D eigenvalue weighted by Gasteiger charge is 2.21. The summed E-state index contributed by atoms with van der Waals surface area (Å²) in [5.41, 5.74) is 1.51. The van der Waals surface area contributed by atoms with Gasteiger partial charge in [-0.3, -0.25) is 20.2 Å². The van der Waals surface area contributed by atoms with Gasteiger partial charge >= 0.3 is 5.69 Å². The molecule has 14 nitrogen and oxygen atoms in total. The van der Waals surface area contributed by atoms with Crippen LogP contribution in [-0.2, 0) is 36.9 Å². The Morgan fingerprint density at radius 2 is 1.17 bits per heavy atom. The molecule has 48 heavy (non-hydrogen) atoms. The third-order valence-electron chi connectivity index (χ3n) is 7.40. The van der Waals surface area contributed by atoms with Crippen LogP contribution in [0.5, 0.6) is 5.75 Å². The fourth-order valence-electron chi connectivity index (χ4n) is 4.90. The largest absolute Gasteiger partial charge is 0.507 e. The van der Waals surface area contributed by atoms with Gasteiger partial charge in [-0.05, 0) is 29.3 Å². The predicted molar refractivity (Wildman–Crippen MR) is 172 cm³/mol. The van der Waals surface area contributed by atoms with Crippen LogP contribution in [0.15, 0.2) is 101 Å². The van der Waals surface area contributed by atoms with Gasteiger partial charge in [0.05, 0.1) is 74.5 Å². The molecular formula is C34H34N4O10. The normalized spacial score (nSPS) is 18.5. The fourth-order valence-corrected chi connectivity index (χ4v) is 4.90. The van der Waals surface area contributed by atoms with Gasteiger partial charge in [0, 0.05) is 17.2 Å². The van der Waals surface area contributed by atoms with Crippen LogP contribution in [0.2, 0.25) is 0 Å². The number of benzene rings is 4. The van der Waals surface area contributed by atoms with E-state index in [-0.39, 0.29) is 43.6 Å². The molecule has 0 aromatic heterocycles. The summed E-state index contributed by atoms with van der Waals surface area (Å²) in [6.07, 6.45) is -0.967. The van der Waals surface area contributed by atoms with E-state index in [0.29, 0.717) is 37.6 Å². The molecule has 5 rings (SSSR count). The number of nitrogens with zero attached hydrogens (tertiary/aromatic N) is 4. The second-order valence-corrected chi connectivity index (χ2v) is 10.7. The van der Waals surface area contributed by atoms with Crippen molar-refractivity contribution in [3.63, 3.8) is 0 Å². The Bertz CT molecular complexity index is 1630. The molecule has 0 radical (unpaired) electrons. The molecule has 1 unspecified atom stereocenters. The summed E-state index contributed by atoms with van der Waals surface area (Å²) in [6.45, 7) is 1.76. The number of phenolic OH excluding ortho intramolecular Hbond substituents is 1. The molecule has 0 aliphatic carbocycles. The molecule has 0 saturated carbocycles. The first-order valence-electron chi connectivity index (χ1n) is 15.1. The predicted octanol–water partition coefficient (Wildman–Crippen LogP) is 7.20. The number of phenols is 1. The molecule has 4 aromatic rings. The monoisotopic (exact) mass is 658 g/mol. The average molecular weight is 659 g/mol. The smallest absolute Gasteiger partial charge is 0.303 e. The Morgan fingerprint density at radius 3 is 1.67 bits per heavy atom. The lowest BCUT2D eigenvalue weighted by Crippen LogP contribution is -2.17. The molecule has 0 amide bonds. The number of hydrogen-bond donors (Lipinski definition) is 1. The Balaban J connectivity index is 1.49. The average Bonchev–Trinajstić information content (AvgIpc) is 3.10. The summed E-state index contributed by atoms with van der Waals surface area (Å²) < 4.78 is 29.9. The number of nitro groups is 2. The maximum absolute atomic E-state index is 11.7. The number of ether oxygens (including phenoxy) is 5. The highest BCUT2D eigenvalue weighted by Crippen LogP contribution is 2.36. The van der Waals surface area contributed by atoms with Crippen molar-refractivity contribution in [2.75, 3.05) is 39.6 Å². The SMILES string of the molecule is O=[N+]([O-])c1ccc(N=Nc2cc3c(O)c(c2)CO[C@@H](c2ccccc2)COCCOCCOCC(c2ccccc2)OC3)c([N+](=O)[O-])c1. The van der Waals surface area contributed by atoms with Gasteiger partial charge in [0.1, 0.15) is 18.0 Å². The van der Waals surface area contributed by atoms with Gasteiger partial charge in [-0.15, -0.1) is 5.11 Å². The second-order valence-electron chi connectivity index (χ2n) is 10.7. The standard InChI is InChI=1S/C34H34N4O10/c39-34-26-17-28(35-36-30-12-11-29(37(40)41)19-31(30)38(42)43)18-27(34)21-48-33(25-9-5-2-6-10-25)23-46-16-14-44-13-15-45-22-32(47-20-26)24-7-3-1-4-8-24/h1-12,17-19,32-33,39H,13-16,20-23H2/t32-,33?/m1/s1. The van der Waals surface area contributed by atoms with E-state index in [2.05, 4.69) is 10.2 Å². The Kier molecular flexibility index (Phi) is 12.2. The molecule has 1 N–H and O–H groups in total. The van der Waals surface area contributed by atoms with Crippen LogP contribution in [0.1, 0.15) is 34.5 Å². The zero-order valence-corrected chi connectivity index (χ0v) is 25.9.